The van der Waals surface area contributed by atoms with Gasteiger partial charge in [0.2, 0.25) is 5.88 Å². The smallest absolute Gasteiger partial charge is 0.218 e. The highest BCUT2D eigenvalue weighted by Gasteiger charge is 2.35. The molecule has 0 aliphatic carbocycles. The average Bonchev–Trinajstić information content (AvgIpc) is 3.28. The van der Waals surface area contributed by atoms with Gasteiger partial charge in [0.05, 0.1) is 24.9 Å². The number of hydrogen-bond acceptors (Lipinski definition) is 7. The van der Waals surface area contributed by atoms with Gasteiger partial charge in [0, 0.05) is 12.6 Å². The van der Waals surface area contributed by atoms with Crippen LogP contribution in [-0.2, 0) is 6.54 Å². The van der Waals surface area contributed by atoms with E-state index in [1.807, 2.05) is 18.2 Å². The highest BCUT2D eigenvalue weighted by molar-refractivity contribution is 5.56. The Bertz CT molecular complexity index is 917. The fourth-order valence-electron chi connectivity index (χ4n) is 3.00. The van der Waals surface area contributed by atoms with Crippen LogP contribution in [0, 0.1) is 11.3 Å². The molecule has 3 aromatic rings. The summed E-state index contributed by atoms with van der Waals surface area (Å²) >= 11 is 0. The van der Waals surface area contributed by atoms with E-state index in [0.29, 0.717) is 18.0 Å². The Morgan fingerprint density at radius 3 is 3.00 bits per heavy atom. The van der Waals surface area contributed by atoms with Gasteiger partial charge in [-0.1, -0.05) is 6.07 Å². The molecule has 7 nitrogen and oxygen atoms in total. The van der Waals surface area contributed by atoms with Crippen LogP contribution >= 0.6 is 0 Å². The Morgan fingerprint density at radius 2 is 2.25 bits per heavy atom. The summed E-state index contributed by atoms with van der Waals surface area (Å²) in [5.41, 5.74) is 2.77. The van der Waals surface area contributed by atoms with Crippen LogP contribution in [0.15, 0.2) is 47.6 Å². The van der Waals surface area contributed by atoms with Crippen molar-refractivity contribution >= 4 is 5.82 Å². The molecule has 4 rings (SSSR count). The topological polar surface area (TPSA) is 88.1 Å². The number of fused-ring (bicyclic) bond motifs is 1. The second-order valence-corrected chi connectivity index (χ2v) is 5.38. The molecule has 0 bridgehead atoms. The molecule has 1 aromatic carbocycles. The molecule has 1 aliphatic heterocycles. The second kappa shape index (κ2) is 5.66. The van der Waals surface area contributed by atoms with Gasteiger partial charge < -0.3 is 14.1 Å². The maximum atomic E-state index is 9.14. The van der Waals surface area contributed by atoms with Gasteiger partial charge in [-0.15, -0.1) is 0 Å². The highest BCUT2D eigenvalue weighted by atomic mass is 16.5. The summed E-state index contributed by atoms with van der Waals surface area (Å²) < 4.78 is 10.7. The zero-order chi connectivity index (χ0) is 16.5. The van der Waals surface area contributed by atoms with Gasteiger partial charge in [0.15, 0.2) is 12.2 Å². The zero-order valence-electron chi connectivity index (χ0n) is 12.9. The molecule has 3 heterocycles. The summed E-state index contributed by atoms with van der Waals surface area (Å²) in [5, 5.41) is 9.14. The summed E-state index contributed by atoms with van der Waals surface area (Å²) in [4.78, 5) is 14.5. The summed E-state index contributed by atoms with van der Waals surface area (Å²) in [6.07, 6.45) is 4.58. The Kier molecular flexibility index (Phi) is 3.35. The molecule has 7 heteroatoms. The van der Waals surface area contributed by atoms with Crippen LogP contribution in [0.2, 0.25) is 0 Å². The molecule has 0 spiro atoms. The van der Waals surface area contributed by atoms with Crippen molar-refractivity contribution < 1.29 is 9.15 Å². The van der Waals surface area contributed by atoms with Crippen molar-refractivity contribution in [3.8, 4) is 11.9 Å². The van der Waals surface area contributed by atoms with Gasteiger partial charge in [-0.05, 0) is 23.3 Å². The van der Waals surface area contributed by atoms with Crippen LogP contribution < -0.4 is 9.64 Å². The van der Waals surface area contributed by atoms with E-state index in [1.165, 1.54) is 12.7 Å². The van der Waals surface area contributed by atoms with E-state index < -0.39 is 0 Å². The maximum Gasteiger partial charge on any atom is 0.218 e. The van der Waals surface area contributed by atoms with Gasteiger partial charge in [-0.2, -0.15) is 5.26 Å². The van der Waals surface area contributed by atoms with E-state index in [-0.39, 0.29) is 6.04 Å². The average molecular weight is 319 g/mol. The third-order valence-corrected chi connectivity index (χ3v) is 4.07. The number of nitriles is 1. The number of ether oxygens (including phenoxy) is 1. The molecule has 0 N–H and O–H groups in total. The first-order chi connectivity index (χ1) is 11.8. The summed E-state index contributed by atoms with van der Waals surface area (Å²) in [5.74, 6) is 1.93. The van der Waals surface area contributed by atoms with Crippen molar-refractivity contribution in [2.75, 3.05) is 12.0 Å². The minimum absolute atomic E-state index is 0.158. The quantitative estimate of drug-likeness (QED) is 0.732. The number of hydrogen-bond donors (Lipinski definition) is 0. The molecule has 0 fully saturated rings. The maximum absolute atomic E-state index is 9.14. The summed E-state index contributed by atoms with van der Waals surface area (Å²) in [6, 6.07) is 9.47. The Hall–Kier alpha value is -3.40. The molecule has 118 valence electrons. The van der Waals surface area contributed by atoms with E-state index in [1.54, 1.807) is 19.4 Å². The Balaban J connectivity index is 1.83. The van der Waals surface area contributed by atoms with E-state index in [2.05, 4.69) is 25.9 Å². The molecule has 0 amide bonds. The molecular weight excluding hydrogens is 306 g/mol. The molecule has 2 aromatic heterocycles. The SMILES string of the molecule is COc1cc(N2Cc3cc(C#N)ccc3C2c2cnco2)ncn1. The lowest BCUT2D eigenvalue weighted by atomic mass is 10.0. The molecule has 1 unspecified atom stereocenters. The van der Waals surface area contributed by atoms with Crippen LogP contribution in [0.1, 0.15) is 28.5 Å². The second-order valence-electron chi connectivity index (χ2n) is 5.38. The van der Waals surface area contributed by atoms with Crippen molar-refractivity contribution in [2.24, 2.45) is 0 Å². The fourth-order valence-corrected chi connectivity index (χ4v) is 3.00. The molecule has 1 atom stereocenters. The third kappa shape index (κ3) is 2.25. The van der Waals surface area contributed by atoms with Crippen LogP contribution in [0.5, 0.6) is 5.88 Å². The van der Waals surface area contributed by atoms with Crippen molar-refractivity contribution in [2.45, 2.75) is 12.6 Å². The van der Waals surface area contributed by atoms with Gasteiger partial charge in [0.1, 0.15) is 18.2 Å². The van der Waals surface area contributed by atoms with E-state index >= 15 is 0 Å². The lowest BCUT2D eigenvalue weighted by Crippen LogP contribution is -2.23. The minimum atomic E-state index is -0.158. The Labute approximate surface area is 138 Å². The lowest BCUT2D eigenvalue weighted by molar-refractivity contribution is 0.396. The summed E-state index contributed by atoms with van der Waals surface area (Å²) in [7, 11) is 1.57. The molecule has 24 heavy (non-hydrogen) atoms. The van der Waals surface area contributed by atoms with Gasteiger partial charge >= 0.3 is 0 Å². The third-order valence-electron chi connectivity index (χ3n) is 4.07. The normalized spacial score (nSPS) is 15.8. The zero-order valence-corrected chi connectivity index (χ0v) is 12.9. The van der Waals surface area contributed by atoms with Crippen LogP contribution in [-0.4, -0.2) is 22.1 Å². The largest absolute Gasteiger partial charge is 0.481 e. The lowest BCUT2D eigenvalue weighted by Gasteiger charge is -2.24. The number of oxazole rings is 1. The Morgan fingerprint density at radius 1 is 1.33 bits per heavy atom. The predicted octanol–water partition coefficient (Wildman–Crippen LogP) is 2.45. The number of nitrogens with zero attached hydrogens (tertiary/aromatic N) is 5. The van der Waals surface area contributed by atoms with Crippen molar-refractivity contribution in [3.63, 3.8) is 0 Å². The molecular formula is C17H13N5O2. The van der Waals surface area contributed by atoms with Crippen LogP contribution in [0.25, 0.3) is 0 Å². The van der Waals surface area contributed by atoms with Crippen LogP contribution in [0.4, 0.5) is 5.82 Å². The predicted molar refractivity (Wildman–Crippen MR) is 84.3 cm³/mol. The first kappa shape index (κ1) is 14.2. The number of benzene rings is 1. The van der Waals surface area contributed by atoms with Crippen molar-refractivity contribution in [1.82, 2.24) is 15.0 Å². The number of aromatic nitrogens is 3. The molecule has 1 aliphatic rings. The highest BCUT2D eigenvalue weighted by Crippen LogP contribution is 2.41. The standard InChI is InChI=1S/C17H13N5O2/c1-23-16-5-15(20-9-21-16)22-8-12-4-11(6-18)2-3-13(12)17(22)14-7-19-10-24-14/h2-5,7,9-10,17H,8H2,1H3. The van der Waals surface area contributed by atoms with Gasteiger partial charge in [-0.25, -0.2) is 15.0 Å². The van der Waals surface area contributed by atoms with Crippen LogP contribution in [0.3, 0.4) is 0 Å². The van der Waals surface area contributed by atoms with E-state index in [4.69, 9.17) is 14.4 Å². The van der Waals surface area contributed by atoms with Gasteiger partial charge in [-0.3, -0.25) is 0 Å². The first-order valence-electron chi connectivity index (χ1n) is 7.34. The van der Waals surface area contributed by atoms with Crippen molar-refractivity contribution in [1.29, 1.82) is 5.26 Å². The van der Waals surface area contributed by atoms with E-state index in [0.717, 1.165) is 22.7 Å². The number of anilines is 1. The van der Waals surface area contributed by atoms with E-state index in [9.17, 15) is 0 Å². The van der Waals surface area contributed by atoms with Crippen molar-refractivity contribution in [3.05, 3.63) is 65.6 Å². The molecule has 0 saturated heterocycles. The molecule has 0 radical (unpaired) electrons. The molecule has 0 saturated carbocycles. The van der Waals surface area contributed by atoms with Gasteiger partial charge in [0.25, 0.3) is 0 Å². The number of methoxy groups -OCH3 is 1. The monoisotopic (exact) mass is 319 g/mol. The number of rotatable bonds is 3. The minimum Gasteiger partial charge on any atom is -0.481 e. The first-order valence-corrected chi connectivity index (χ1v) is 7.34. The fraction of sp³-hybridized carbons (Fsp3) is 0.176. The summed E-state index contributed by atoms with van der Waals surface area (Å²) in [6.45, 7) is 0.608.